The minimum Gasteiger partial charge on any atom is -0.398 e. The van der Waals surface area contributed by atoms with Crippen LogP contribution in [-0.4, -0.2) is 66.7 Å². The van der Waals surface area contributed by atoms with Crippen molar-refractivity contribution in [2.45, 2.75) is 45.1 Å². The maximum Gasteiger partial charge on any atom is 0.416 e. The molecule has 3 atom stereocenters. The topological polar surface area (TPSA) is 214 Å². The molecule has 0 bridgehead atoms. The van der Waals surface area contributed by atoms with Gasteiger partial charge in [0.15, 0.2) is 5.69 Å². The van der Waals surface area contributed by atoms with Crippen LogP contribution < -0.4 is 21.7 Å². The fourth-order valence-corrected chi connectivity index (χ4v) is 4.85. The molecule has 1 aliphatic rings. The summed E-state index contributed by atoms with van der Waals surface area (Å²) in [5.41, 5.74) is 14.6. The van der Waals surface area contributed by atoms with Gasteiger partial charge in [-0.1, -0.05) is 35.2 Å². The Bertz CT molecular complexity index is 1560. The van der Waals surface area contributed by atoms with Crippen LogP contribution in [0.4, 0.5) is 10.5 Å². The van der Waals surface area contributed by atoms with Crippen molar-refractivity contribution in [2.75, 3.05) is 25.9 Å². The minimum atomic E-state index is -0.671. The largest absolute Gasteiger partial charge is 0.416 e. The van der Waals surface area contributed by atoms with E-state index in [1.54, 1.807) is 26.1 Å². The molecule has 18 heteroatoms. The van der Waals surface area contributed by atoms with E-state index in [1.807, 2.05) is 6.92 Å². The molecule has 41 heavy (non-hydrogen) atoms. The highest BCUT2D eigenvalue weighted by Crippen LogP contribution is 2.41. The predicted molar refractivity (Wildman–Crippen MR) is 153 cm³/mol. The summed E-state index contributed by atoms with van der Waals surface area (Å²) < 4.78 is 20.1. The standard InChI is InChI=1S/C13H14Cl2N4O2S.C10H13N5O4/c1-3-6-19(2)13(20)21-12-11(17-22-18-12)9-7(14)4-5-8(16)10(9)15;1-5-3-15(10(18)12-9(5)17)8-2-6(13-14-11)7(4-16)19-8/h4-5H,3,6,16H2,1-2H3;3,6-8,16H,2,4H2,1H3,(H,12,17,18)/t;6-,7+,8+/m.0/s1. The van der Waals surface area contributed by atoms with Crippen LogP contribution in [0.25, 0.3) is 21.7 Å². The Morgan fingerprint density at radius 2 is 2.15 bits per heavy atom. The van der Waals surface area contributed by atoms with E-state index in [4.69, 9.17) is 49.0 Å². The molecular weight excluding hydrogens is 601 g/mol. The molecule has 4 rings (SSSR count). The number of hydrogen-bond acceptors (Lipinski definition) is 11. The first-order chi connectivity index (χ1) is 19.5. The zero-order valence-electron chi connectivity index (χ0n) is 22.2. The monoisotopic (exact) mass is 627 g/mol. The summed E-state index contributed by atoms with van der Waals surface area (Å²) in [6.07, 6.45) is 0.628. The van der Waals surface area contributed by atoms with Gasteiger partial charge in [-0.25, -0.2) is 9.59 Å². The van der Waals surface area contributed by atoms with Gasteiger partial charge in [0.2, 0.25) is 0 Å². The van der Waals surface area contributed by atoms with Gasteiger partial charge in [0.1, 0.15) is 6.23 Å². The molecule has 0 unspecified atom stereocenters. The molecule has 3 heterocycles. The Morgan fingerprint density at radius 3 is 2.80 bits per heavy atom. The summed E-state index contributed by atoms with van der Waals surface area (Å²) in [6.45, 7) is 3.80. The summed E-state index contributed by atoms with van der Waals surface area (Å²) in [4.78, 5) is 41.3. The van der Waals surface area contributed by atoms with Gasteiger partial charge in [0, 0.05) is 42.2 Å². The average molecular weight is 628 g/mol. The lowest BCUT2D eigenvalue weighted by Crippen LogP contribution is -2.33. The van der Waals surface area contributed by atoms with Crippen LogP contribution >= 0.6 is 34.9 Å². The zero-order valence-corrected chi connectivity index (χ0v) is 24.5. The molecule has 4 N–H and O–H groups in total. The summed E-state index contributed by atoms with van der Waals surface area (Å²) in [6, 6.07) is 2.65. The van der Waals surface area contributed by atoms with Crippen molar-refractivity contribution < 1.29 is 19.4 Å². The van der Waals surface area contributed by atoms with Crippen LogP contribution in [0.15, 0.2) is 33.0 Å². The van der Waals surface area contributed by atoms with Crippen molar-refractivity contribution >= 4 is 46.7 Å². The summed E-state index contributed by atoms with van der Waals surface area (Å²) in [5.74, 6) is 0.0624. The molecule has 1 aliphatic heterocycles. The quantitative estimate of drug-likeness (QED) is 0.150. The first kappa shape index (κ1) is 31.9. The number of rotatable bonds is 7. The zero-order chi connectivity index (χ0) is 30.3. The fourth-order valence-electron chi connectivity index (χ4n) is 3.81. The molecule has 0 aliphatic carbocycles. The van der Waals surface area contributed by atoms with Crippen LogP contribution in [0.3, 0.4) is 0 Å². The van der Waals surface area contributed by atoms with E-state index in [-0.39, 0.29) is 23.9 Å². The number of hydrogen-bond donors (Lipinski definition) is 3. The molecule has 1 aromatic carbocycles. The van der Waals surface area contributed by atoms with Gasteiger partial charge >= 0.3 is 11.8 Å². The van der Waals surface area contributed by atoms with Crippen molar-refractivity contribution in [3.05, 3.63) is 65.2 Å². The summed E-state index contributed by atoms with van der Waals surface area (Å²) in [7, 11) is 1.64. The summed E-state index contributed by atoms with van der Waals surface area (Å²) in [5, 5.41) is 13.3. The first-order valence-corrected chi connectivity index (χ1v) is 13.6. The SMILES string of the molecule is CCCN(C)C(=O)Oc1nsnc1-c1c(Cl)ccc(N)c1Cl.Cc1cn([C@H]2C[C@H](N=[N+]=[N-])[C@@H](CO)O2)c(=O)[nH]c1=O. The lowest BCUT2D eigenvalue weighted by molar-refractivity contribution is -0.0271. The molecule has 1 fully saturated rings. The molecule has 0 radical (unpaired) electrons. The number of nitrogens with two attached hydrogens (primary N) is 1. The Hall–Kier alpha value is -3.66. The van der Waals surface area contributed by atoms with Crippen LogP contribution in [-0.2, 0) is 4.74 Å². The van der Waals surface area contributed by atoms with Gasteiger partial charge in [0.05, 0.1) is 46.2 Å². The van der Waals surface area contributed by atoms with Gasteiger partial charge in [0.25, 0.3) is 11.4 Å². The molecule has 2 aromatic heterocycles. The smallest absolute Gasteiger partial charge is 0.398 e. The van der Waals surface area contributed by atoms with E-state index < -0.39 is 35.7 Å². The van der Waals surface area contributed by atoms with Crippen LogP contribution in [0.2, 0.25) is 10.0 Å². The molecule has 1 amide bonds. The van der Waals surface area contributed by atoms with E-state index >= 15 is 0 Å². The summed E-state index contributed by atoms with van der Waals surface area (Å²) >= 11 is 13.2. The number of H-pyrrole nitrogens is 1. The number of benzene rings is 1. The fraction of sp³-hybridized carbons (Fsp3) is 0.435. The third-order valence-corrected chi connectivity index (χ3v) is 7.14. The number of nitrogens with zero attached hydrogens (tertiary/aromatic N) is 7. The van der Waals surface area contributed by atoms with Crippen LogP contribution in [0, 0.1) is 6.92 Å². The van der Waals surface area contributed by atoms with E-state index in [0.717, 1.165) is 18.1 Å². The number of halogens is 2. The maximum absolute atomic E-state index is 12.0. The number of nitrogen functional groups attached to an aromatic ring is 1. The minimum absolute atomic E-state index is 0.0624. The number of nitrogens with one attached hydrogen (secondary N) is 1. The van der Waals surface area contributed by atoms with E-state index in [9.17, 15) is 14.4 Å². The molecule has 1 saturated heterocycles. The molecule has 3 aromatic rings. The second-order valence-corrected chi connectivity index (χ2v) is 10.1. The first-order valence-electron chi connectivity index (χ1n) is 12.1. The number of ether oxygens (including phenoxy) is 2. The van der Waals surface area contributed by atoms with E-state index in [2.05, 4.69) is 23.8 Å². The normalized spacial score (nSPS) is 17.8. The van der Waals surface area contributed by atoms with Gasteiger partial charge in [-0.3, -0.25) is 14.3 Å². The highest BCUT2D eigenvalue weighted by molar-refractivity contribution is 6.99. The molecular formula is C23H27Cl2N9O6S. The number of aromatic nitrogens is 4. The van der Waals surface area contributed by atoms with Crippen molar-refractivity contribution in [2.24, 2.45) is 5.11 Å². The Kier molecular flexibility index (Phi) is 11.1. The Labute approximate surface area is 247 Å². The van der Waals surface area contributed by atoms with E-state index in [1.165, 1.54) is 15.7 Å². The molecule has 0 saturated carbocycles. The number of anilines is 1. The van der Waals surface area contributed by atoms with Crippen molar-refractivity contribution in [3.8, 4) is 17.1 Å². The number of azide groups is 1. The van der Waals surface area contributed by atoms with Crippen molar-refractivity contribution in [1.29, 1.82) is 0 Å². The maximum atomic E-state index is 12.0. The number of carbonyl (C=O) groups is 1. The number of aromatic amines is 1. The van der Waals surface area contributed by atoms with Gasteiger partial charge in [-0.05, 0) is 31.0 Å². The average Bonchev–Trinajstić information content (AvgIpc) is 3.56. The van der Waals surface area contributed by atoms with Crippen LogP contribution in [0.1, 0.15) is 31.6 Å². The third-order valence-electron chi connectivity index (χ3n) is 5.91. The lowest BCUT2D eigenvalue weighted by atomic mass is 10.1. The predicted octanol–water partition coefficient (Wildman–Crippen LogP) is 3.74. The molecule has 220 valence electrons. The van der Waals surface area contributed by atoms with E-state index in [0.29, 0.717) is 34.1 Å². The second kappa shape index (κ2) is 14.3. The number of carbonyl (C=O) groups excluding carboxylic acids is 1. The third kappa shape index (κ3) is 7.55. The molecule has 0 spiro atoms. The van der Waals surface area contributed by atoms with Gasteiger partial charge in [-0.15, -0.1) is 4.37 Å². The number of amides is 1. The van der Waals surface area contributed by atoms with Crippen molar-refractivity contribution in [3.63, 3.8) is 0 Å². The highest BCUT2D eigenvalue weighted by atomic mass is 35.5. The molecule has 15 nitrogen and oxygen atoms in total. The Balaban J connectivity index is 0.000000228. The lowest BCUT2D eigenvalue weighted by Gasteiger charge is -2.15. The number of aliphatic hydroxyl groups excluding tert-OH is 1. The Morgan fingerprint density at radius 1 is 1.41 bits per heavy atom. The van der Waals surface area contributed by atoms with Crippen molar-refractivity contribution in [1.82, 2.24) is 23.2 Å². The second-order valence-electron chi connectivity index (χ2n) is 8.83. The van der Waals surface area contributed by atoms with Crippen LogP contribution in [0.5, 0.6) is 5.88 Å². The number of aryl methyl sites for hydroxylation is 1. The van der Waals surface area contributed by atoms with Gasteiger partial charge < -0.3 is 25.2 Å². The number of aliphatic hydroxyl groups is 1. The van der Waals surface area contributed by atoms with Gasteiger partial charge in [-0.2, -0.15) is 4.37 Å². The highest BCUT2D eigenvalue weighted by Gasteiger charge is 2.35.